The third-order valence-electron chi connectivity index (χ3n) is 2.73. The second kappa shape index (κ2) is 5.06. The van der Waals surface area contributed by atoms with Gasteiger partial charge in [-0.15, -0.1) is 11.8 Å². The molecule has 5 heteroatoms. The van der Waals surface area contributed by atoms with Crippen LogP contribution >= 0.6 is 23.4 Å². The molecule has 3 nitrogen and oxygen atoms in total. The van der Waals surface area contributed by atoms with Gasteiger partial charge >= 0.3 is 0 Å². The molecule has 1 fully saturated rings. The molecule has 1 saturated carbocycles. The molecule has 0 unspecified atom stereocenters. The molecule has 0 bridgehead atoms. The van der Waals surface area contributed by atoms with E-state index >= 15 is 0 Å². The van der Waals surface area contributed by atoms with Gasteiger partial charge in [-0.1, -0.05) is 24.4 Å². The van der Waals surface area contributed by atoms with Gasteiger partial charge in [0.05, 0.1) is 5.02 Å². The molecule has 3 N–H and O–H groups in total. The molecule has 0 spiro atoms. The number of aromatic nitrogens is 1. The highest BCUT2D eigenvalue weighted by atomic mass is 35.5. The van der Waals surface area contributed by atoms with E-state index in [0.29, 0.717) is 15.8 Å². The van der Waals surface area contributed by atoms with Gasteiger partial charge < -0.3 is 5.73 Å². The fourth-order valence-electron chi connectivity index (χ4n) is 1.88. The Labute approximate surface area is 104 Å². The first kappa shape index (κ1) is 11.7. The lowest BCUT2D eigenvalue weighted by Gasteiger charge is -2.11. The van der Waals surface area contributed by atoms with E-state index in [0.717, 1.165) is 5.03 Å². The summed E-state index contributed by atoms with van der Waals surface area (Å²) in [7, 11) is 0. The van der Waals surface area contributed by atoms with E-state index < -0.39 is 0 Å². The molecular weight excluding hydrogens is 242 g/mol. The van der Waals surface area contributed by atoms with Crippen LogP contribution in [0.1, 0.15) is 31.2 Å². The third kappa shape index (κ3) is 2.50. The molecule has 1 heterocycles. The van der Waals surface area contributed by atoms with Gasteiger partial charge in [0.1, 0.15) is 10.9 Å². The standard InChI is InChI=1S/C11H14ClN3S/c12-9-8(10(13)14)5-6-15-11(9)16-7-3-1-2-4-7/h5-7H,1-4H2,(H3,13,14). The van der Waals surface area contributed by atoms with Crippen LogP contribution in [0.5, 0.6) is 0 Å². The molecule has 2 rings (SSSR count). The van der Waals surface area contributed by atoms with Crippen LogP contribution in [0.3, 0.4) is 0 Å². The number of thioether (sulfide) groups is 1. The van der Waals surface area contributed by atoms with Crippen LogP contribution in [0.2, 0.25) is 5.02 Å². The molecule has 1 aliphatic carbocycles. The number of hydrogen-bond donors (Lipinski definition) is 2. The largest absolute Gasteiger partial charge is 0.384 e. The lowest BCUT2D eigenvalue weighted by atomic mass is 10.2. The van der Waals surface area contributed by atoms with E-state index in [1.165, 1.54) is 25.7 Å². The Hall–Kier alpha value is -0.740. The van der Waals surface area contributed by atoms with Crippen molar-refractivity contribution in [1.82, 2.24) is 4.98 Å². The molecule has 0 amide bonds. The number of nitrogen functional groups attached to an aromatic ring is 1. The Bertz CT molecular complexity index is 402. The summed E-state index contributed by atoms with van der Waals surface area (Å²) in [4.78, 5) is 4.26. The Morgan fingerprint density at radius 1 is 1.50 bits per heavy atom. The number of hydrogen-bond acceptors (Lipinski definition) is 3. The van der Waals surface area contributed by atoms with Crippen molar-refractivity contribution in [3.8, 4) is 0 Å². The van der Waals surface area contributed by atoms with Crippen molar-refractivity contribution in [2.24, 2.45) is 5.73 Å². The van der Waals surface area contributed by atoms with Crippen molar-refractivity contribution in [3.63, 3.8) is 0 Å². The minimum absolute atomic E-state index is 0.000622. The monoisotopic (exact) mass is 255 g/mol. The lowest BCUT2D eigenvalue weighted by Crippen LogP contribution is -2.12. The van der Waals surface area contributed by atoms with Crippen LogP contribution in [0.4, 0.5) is 0 Å². The molecule has 16 heavy (non-hydrogen) atoms. The van der Waals surface area contributed by atoms with Crippen LogP contribution in [-0.4, -0.2) is 16.1 Å². The van der Waals surface area contributed by atoms with E-state index in [1.54, 1.807) is 24.0 Å². The van der Waals surface area contributed by atoms with Crippen LogP contribution in [0, 0.1) is 5.41 Å². The summed E-state index contributed by atoms with van der Waals surface area (Å²) in [6.45, 7) is 0. The number of nitrogens with two attached hydrogens (primary N) is 1. The predicted molar refractivity (Wildman–Crippen MR) is 68.4 cm³/mol. The van der Waals surface area contributed by atoms with E-state index in [4.69, 9.17) is 22.7 Å². The van der Waals surface area contributed by atoms with Crippen molar-refractivity contribution in [3.05, 3.63) is 22.8 Å². The molecule has 0 saturated heterocycles. The molecule has 1 aromatic heterocycles. The summed E-state index contributed by atoms with van der Waals surface area (Å²) < 4.78 is 0. The van der Waals surface area contributed by atoms with Crippen molar-refractivity contribution >= 4 is 29.2 Å². The summed E-state index contributed by atoms with van der Waals surface area (Å²) >= 11 is 7.89. The maximum Gasteiger partial charge on any atom is 0.124 e. The van der Waals surface area contributed by atoms with Gasteiger partial charge in [-0.2, -0.15) is 0 Å². The first-order chi connectivity index (χ1) is 7.68. The van der Waals surface area contributed by atoms with Crippen LogP contribution in [0.15, 0.2) is 17.3 Å². The van der Waals surface area contributed by atoms with Crippen LogP contribution < -0.4 is 5.73 Å². The Morgan fingerprint density at radius 3 is 2.81 bits per heavy atom. The summed E-state index contributed by atoms with van der Waals surface area (Å²) in [5.41, 5.74) is 6.03. The molecule has 0 aromatic carbocycles. The molecule has 1 aromatic rings. The maximum absolute atomic E-state index is 7.41. The summed E-state index contributed by atoms with van der Waals surface area (Å²) in [5.74, 6) is 0.000622. The van der Waals surface area contributed by atoms with E-state index in [1.807, 2.05) is 0 Å². The first-order valence-corrected chi connectivity index (χ1v) is 6.60. The minimum Gasteiger partial charge on any atom is -0.384 e. The Morgan fingerprint density at radius 2 is 2.19 bits per heavy atom. The van der Waals surface area contributed by atoms with Crippen molar-refractivity contribution in [1.29, 1.82) is 5.41 Å². The van der Waals surface area contributed by atoms with E-state index in [-0.39, 0.29) is 5.84 Å². The Kier molecular flexibility index (Phi) is 3.71. The zero-order chi connectivity index (χ0) is 11.5. The highest BCUT2D eigenvalue weighted by Gasteiger charge is 2.19. The normalized spacial score (nSPS) is 16.6. The van der Waals surface area contributed by atoms with Gasteiger partial charge in [0.15, 0.2) is 0 Å². The molecule has 86 valence electrons. The van der Waals surface area contributed by atoms with Gasteiger partial charge in [0.25, 0.3) is 0 Å². The predicted octanol–water partition coefficient (Wildman–Crippen LogP) is 3.05. The van der Waals surface area contributed by atoms with E-state index in [9.17, 15) is 0 Å². The zero-order valence-electron chi connectivity index (χ0n) is 8.87. The summed E-state index contributed by atoms with van der Waals surface area (Å²) in [5, 5.41) is 9.36. The fourth-order valence-corrected chi connectivity index (χ4v) is 3.45. The molecular formula is C11H14ClN3S. The Balaban J connectivity index is 2.20. The third-order valence-corrected chi connectivity index (χ3v) is 4.56. The van der Waals surface area contributed by atoms with Gasteiger partial charge in [0.2, 0.25) is 0 Å². The van der Waals surface area contributed by atoms with Gasteiger partial charge in [0, 0.05) is 17.0 Å². The second-order valence-corrected chi connectivity index (χ2v) is 5.58. The second-order valence-electron chi connectivity index (χ2n) is 3.92. The van der Waals surface area contributed by atoms with Gasteiger partial charge in [-0.3, -0.25) is 5.41 Å². The summed E-state index contributed by atoms with van der Waals surface area (Å²) in [6, 6.07) is 1.68. The lowest BCUT2D eigenvalue weighted by molar-refractivity contribution is 0.886. The van der Waals surface area contributed by atoms with Crippen LogP contribution in [0.25, 0.3) is 0 Å². The number of nitrogens with one attached hydrogen (secondary N) is 1. The number of rotatable bonds is 3. The molecule has 0 radical (unpaired) electrons. The molecule has 0 atom stereocenters. The zero-order valence-corrected chi connectivity index (χ0v) is 10.4. The number of amidine groups is 1. The number of nitrogens with zero attached hydrogens (tertiary/aromatic N) is 1. The summed E-state index contributed by atoms with van der Waals surface area (Å²) in [6.07, 6.45) is 6.71. The molecule has 0 aliphatic heterocycles. The van der Waals surface area contributed by atoms with Crippen molar-refractivity contribution in [2.45, 2.75) is 36.0 Å². The fraction of sp³-hybridized carbons (Fsp3) is 0.455. The maximum atomic E-state index is 7.41. The highest BCUT2D eigenvalue weighted by molar-refractivity contribution is 8.00. The number of pyridine rings is 1. The average molecular weight is 256 g/mol. The highest BCUT2D eigenvalue weighted by Crippen LogP contribution is 2.37. The first-order valence-electron chi connectivity index (χ1n) is 5.34. The van der Waals surface area contributed by atoms with Gasteiger partial charge in [-0.05, 0) is 18.9 Å². The van der Waals surface area contributed by atoms with Crippen LogP contribution in [-0.2, 0) is 0 Å². The van der Waals surface area contributed by atoms with Gasteiger partial charge in [-0.25, -0.2) is 4.98 Å². The molecule has 1 aliphatic rings. The van der Waals surface area contributed by atoms with E-state index in [2.05, 4.69) is 4.98 Å². The van der Waals surface area contributed by atoms with Crippen molar-refractivity contribution < 1.29 is 0 Å². The quantitative estimate of drug-likeness (QED) is 0.645. The SMILES string of the molecule is N=C(N)c1ccnc(SC2CCCC2)c1Cl. The topological polar surface area (TPSA) is 62.8 Å². The number of halogens is 1. The minimum atomic E-state index is 0.000622. The average Bonchev–Trinajstić information content (AvgIpc) is 2.73. The smallest absolute Gasteiger partial charge is 0.124 e. The van der Waals surface area contributed by atoms with Crippen molar-refractivity contribution in [2.75, 3.05) is 0 Å².